The van der Waals surface area contributed by atoms with Gasteiger partial charge in [0, 0.05) is 69.6 Å². The SMILES string of the molecule is Cc1ncsc1-c1ccc([C@H](C)NC(=O)[C@@H]2C[C@@H](O)CN2C(=O)[C@@H](c2cc(N3CCC(CN4CCC5(CC4)CC(N4CCO[C@H]([C@@H](C)n6cc(C#Cc7cc(-c8ccccc8O)nnc7N)cn6)C4)C5)CC3)no2)C(C)C)cc1. The lowest BCUT2D eigenvalue weighted by Gasteiger charge is -2.56. The van der Waals surface area contributed by atoms with Crippen molar-refractivity contribution in [2.75, 3.05) is 69.6 Å². The third-order valence-electron chi connectivity index (χ3n) is 17.6. The molecule has 11 rings (SSSR count). The number of hydrogen-bond acceptors (Lipinski definition) is 16. The first-order chi connectivity index (χ1) is 38.2. The van der Waals surface area contributed by atoms with Crippen LogP contribution in [0.2, 0.25) is 0 Å². The monoisotopic (exact) mass is 1090 g/mol. The quantitative estimate of drug-likeness (QED) is 0.0779. The number of aromatic hydroxyl groups is 1. The highest BCUT2D eigenvalue weighted by atomic mass is 32.1. The van der Waals surface area contributed by atoms with Crippen molar-refractivity contribution in [2.45, 2.75) is 122 Å². The highest BCUT2D eigenvalue weighted by Crippen LogP contribution is 2.51. The molecule has 1 saturated carbocycles. The van der Waals surface area contributed by atoms with Crippen LogP contribution in [0.15, 0.2) is 83.1 Å². The molecule has 8 heterocycles. The number of para-hydroxylation sites is 1. The molecule has 2 amide bonds. The summed E-state index contributed by atoms with van der Waals surface area (Å²) >= 11 is 1.60. The number of aliphatic hydroxyl groups is 1. The number of morpholine rings is 1. The van der Waals surface area contributed by atoms with E-state index in [4.69, 9.17) is 15.0 Å². The number of aliphatic hydroxyl groups excluding tert-OH is 1. The van der Waals surface area contributed by atoms with Gasteiger partial charge in [-0.15, -0.1) is 21.5 Å². The number of likely N-dealkylation sites (tertiary alicyclic amines) is 2. The normalized spacial score (nSPS) is 22.3. The predicted octanol–water partition coefficient (Wildman–Crippen LogP) is 7.45. The zero-order chi connectivity index (χ0) is 55.0. The molecule has 6 aromatic rings. The van der Waals surface area contributed by atoms with Crippen molar-refractivity contribution in [2.24, 2.45) is 17.3 Å². The number of carbonyl (C=O) groups is 2. The summed E-state index contributed by atoms with van der Waals surface area (Å²) in [4.78, 5) is 42.9. The number of benzene rings is 2. The van der Waals surface area contributed by atoms with Crippen LogP contribution in [0.5, 0.6) is 5.75 Å². The Morgan fingerprint density at radius 2 is 1.73 bits per heavy atom. The highest BCUT2D eigenvalue weighted by Gasteiger charge is 2.49. The number of rotatable bonds is 14. The number of piperidine rings is 2. The van der Waals surface area contributed by atoms with Crippen molar-refractivity contribution in [3.8, 4) is 39.3 Å². The molecule has 5 fully saturated rings. The Morgan fingerprint density at radius 3 is 2.47 bits per heavy atom. The van der Waals surface area contributed by atoms with Gasteiger partial charge in [0.2, 0.25) is 11.8 Å². The Balaban J connectivity index is 0.617. The number of aryl methyl sites for hydroxylation is 1. The van der Waals surface area contributed by atoms with Gasteiger partial charge in [-0.3, -0.25) is 19.2 Å². The first kappa shape index (κ1) is 54.3. The van der Waals surface area contributed by atoms with Crippen LogP contribution < -0.4 is 16.0 Å². The fourth-order valence-corrected chi connectivity index (χ4v) is 13.6. The van der Waals surface area contributed by atoms with Gasteiger partial charge in [0.1, 0.15) is 17.7 Å². The van der Waals surface area contributed by atoms with Gasteiger partial charge in [0.15, 0.2) is 17.4 Å². The van der Waals surface area contributed by atoms with Gasteiger partial charge in [-0.1, -0.05) is 67.2 Å². The fraction of sp³-hybridized carbons (Fsp3) is 0.517. The average molecular weight is 1090 g/mol. The summed E-state index contributed by atoms with van der Waals surface area (Å²) in [6.45, 7) is 17.9. The lowest BCUT2D eigenvalue weighted by molar-refractivity contribution is -0.141. The van der Waals surface area contributed by atoms with E-state index in [9.17, 15) is 19.8 Å². The van der Waals surface area contributed by atoms with Gasteiger partial charge in [-0.25, -0.2) is 4.98 Å². The molecule has 5 aliphatic rings. The van der Waals surface area contributed by atoms with E-state index >= 15 is 0 Å². The van der Waals surface area contributed by atoms with Gasteiger partial charge >= 0.3 is 0 Å². The smallest absolute Gasteiger partial charge is 0.243 e. The van der Waals surface area contributed by atoms with Crippen LogP contribution in [-0.2, 0) is 14.3 Å². The molecule has 1 spiro atoms. The molecule has 0 unspecified atom stereocenters. The number of nitrogens with zero attached hydrogens (tertiary/aromatic N) is 10. The molecule has 18 nitrogen and oxygen atoms in total. The second-order valence-electron chi connectivity index (χ2n) is 23.3. The summed E-state index contributed by atoms with van der Waals surface area (Å²) in [6.07, 6.45) is 10.3. The lowest BCUT2D eigenvalue weighted by Crippen LogP contribution is -2.59. The largest absolute Gasteiger partial charge is 0.507 e. The van der Waals surface area contributed by atoms with Crippen LogP contribution in [0, 0.1) is 36.0 Å². The number of thiazole rings is 1. The topological polar surface area (TPSA) is 217 Å². The average Bonchev–Trinajstić information content (AvgIpc) is 4.36. The summed E-state index contributed by atoms with van der Waals surface area (Å²) in [7, 11) is 0. The summed E-state index contributed by atoms with van der Waals surface area (Å²) in [5.41, 5.74) is 13.8. The lowest BCUT2D eigenvalue weighted by atomic mass is 9.60. The van der Waals surface area contributed by atoms with Crippen LogP contribution in [0.1, 0.15) is 119 Å². The Hall–Kier alpha value is -6.69. The van der Waals surface area contributed by atoms with Crippen molar-refractivity contribution < 1.29 is 29.1 Å². The van der Waals surface area contributed by atoms with Gasteiger partial charge in [0.25, 0.3) is 0 Å². The van der Waals surface area contributed by atoms with Gasteiger partial charge in [0.05, 0.1) is 70.0 Å². The first-order valence-corrected chi connectivity index (χ1v) is 29.1. The van der Waals surface area contributed by atoms with Crippen LogP contribution in [0.3, 0.4) is 0 Å². The highest BCUT2D eigenvalue weighted by molar-refractivity contribution is 7.13. The van der Waals surface area contributed by atoms with Gasteiger partial charge in [-0.05, 0) is 119 Å². The first-order valence-electron chi connectivity index (χ1n) is 28.2. The van der Waals surface area contributed by atoms with Crippen LogP contribution in [0.4, 0.5) is 11.6 Å². The number of carbonyl (C=O) groups excluding carboxylic acids is 2. The zero-order valence-electron chi connectivity index (χ0n) is 46.0. The molecule has 4 saturated heterocycles. The third kappa shape index (κ3) is 11.8. The second-order valence-corrected chi connectivity index (χ2v) is 24.1. The molecule has 0 bridgehead atoms. The number of nitrogens with one attached hydrogen (secondary N) is 1. The number of nitrogen functional groups attached to an aromatic ring is 1. The van der Waals surface area contributed by atoms with Crippen LogP contribution in [-0.4, -0.2) is 150 Å². The van der Waals surface area contributed by atoms with Gasteiger partial charge in [-0.2, -0.15) is 5.10 Å². The van der Waals surface area contributed by atoms with E-state index in [1.165, 1.54) is 25.7 Å². The number of phenolic OH excluding ortho intramolecular Hbond substituents is 1. The number of nitrogens with two attached hydrogens (primary N) is 1. The molecule has 19 heteroatoms. The van der Waals surface area contributed by atoms with Crippen molar-refractivity contribution in [3.05, 3.63) is 107 Å². The maximum absolute atomic E-state index is 14.4. The van der Waals surface area contributed by atoms with Crippen molar-refractivity contribution >= 4 is 34.8 Å². The van der Waals surface area contributed by atoms with Crippen LogP contribution in [0.25, 0.3) is 21.7 Å². The van der Waals surface area contributed by atoms with E-state index in [2.05, 4.69) is 64.2 Å². The standard InChI is InChI=1S/C60H74N12O6S/c1-37(2)55(59(76)71-34-47(73)27-50(71)58(75)64-38(3)43-12-14-44(15-13-43)56-39(4)62-36-79-56)52-28-54(67-78-52)69-20-16-41(17-21-69)32-68-22-18-60(19-23-68)29-46(30-60)70-24-25-77-53(35-70)40(5)72-33-42(31-63-72)10-11-45-26-49(65-66-57(45)61)48-8-6-7-9-51(48)74/h6-9,12-15,26,28,31,33,36-38,40-41,46-47,50,53,55,73-74H,16-25,27,29-30,32,34-35H2,1-5H3,(H2,61,66)(H,64,75)/t38-,40+,47+,50-,53-,55+/m0/s1. The van der Waals surface area contributed by atoms with E-state index in [1.807, 2.05) is 80.5 Å². The van der Waals surface area contributed by atoms with Crippen LogP contribution >= 0.6 is 11.3 Å². The molecular formula is C60H74N12O6S. The maximum atomic E-state index is 14.4. The molecule has 4 aromatic heterocycles. The summed E-state index contributed by atoms with van der Waals surface area (Å²) in [5, 5.41) is 41.7. The van der Waals surface area contributed by atoms with E-state index in [0.29, 0.717) is 46.6 Å². The predicted molar refractivity (Wildman–Crippen MR) is 303 cm³/mol. The Bertz CT molecular complexity index is 3160. The Kier molecular flexibility index (Phi) is 15.9. The minimum atomic E-state index is -0.800. The number of β-amino-alcohol motifs (C(OH)–C–C–N with tert-alkyl or cyclic N) is 1. The van der Waals surface area contributed by atoms with Crippen molar-refractivity contribution in [3.63, 3.8) is 0 Å². The van der Waals surface area contributed by atoms with Crippen molar-refractivity contribution in [1.29, 1.82) is 0 Å². The molecule has 2 aromatic carbocycles. The molecule has 6 atom stereocenters. The number of anilines is 2. The fourth-order valence-electron chi connectivity index (χ4n) is 12.8. The number of aromatic nitrogens is 6. The number of ether oxygens (including phenoxy) is 1. The Morgan fingerprint density at radius 1 is 0.962 bits per heavy atom. The summed E-state index contributed by atoms with van der Waals surface area (Å²) in [5.74, 6) is 7.22. The molecule has 5 N–H and O–H groups in total. The van der Waals surface area contributed by atoms with Crippen molar-refractivity contribution in [1.82, 2.24) is 50.1 Å². The summed E-state index contributed by atoms with van der Waals surface area (Å²) in [6, 6.07) is 18.3. The minimum Gasteiger partial charge on any atom is -0.507 e. The molecule has 416 valence electrons. The van der Waals surface area contributed by atoms with E-state index in [0.717, 1.165) is 91.7 Å². The van der Waals surface area contributed by atoms with E-state index < -0.39 is 18.1 Å². The third-order valence-corrected chi connectivity index (χ3v) is 18.6. The number of phenols is 1. The second kappa shape index (κ2) is 23.2. The maximum Gasteiger partial charge on any atom is 0.243 e. The minimum absolute atomic E-state index is 0.0168. The van der Waals surface area contributed by atoms with Gasteiger partial charge < -0.3 is 45.2 Å². The zero-order valence-corrected chi connectivity index (χ0v) is 46.8. The number of hydrogen-bond donors (Lipinski definition) is 4. The van der Waals surface area contributed by atoms with E-state index in [1.54, 1.807) is 46.7 Å². The van der Waals surface area contributed by atoms with E-state index in [-0.39, 0.29) is 60.5 Å². The molecule has 4 aliphatic heterocycles. The Labute approximate surface area is 466 Å². The molecule has 79 heavy (non-hydrogen) atoms. The molecule has 0 radical (unpaired) electrons. The number of amides is 2. The summed E-state index contributed by atoms with van der Waals surface area (Å²) < 4.78 is 14.3. The molecular weight excluding hydrogens is 1020 g/mol. The molecule has 1 aliphatic carbocycles.